The van der Waals surface area contributed by atoms with Crippen molar-refractivity contribution in [3.8, 4) is 11.3 Å². The number of nitro groups is 1. The SMILES string of the molecule is O=C(Nc1ccc(Cl)cc1F)c1ccc(-c2ccc([N+](=O)[O-])cc2)o1. The topological polar surface area (TPSA) is 85.4 Å². The van der Waals surface area contributed by atoms with Crippen molar-refractivity contribution >= 4 is 28.9 Å². The van der Waals surface area contributed by atoms with Crippen molar-refractivity contribution in [2.45, 2.75) is 0 Å². The summed E-state index contributed by atoms with van der Waals surface area (Å²) in [6.07, 6.45) is 0. The summed E-state index contributed by atoms with van der Waals surface area (Å²) in [6.45, 7) is 0. The molecule has 0 aliphatic carbocycles. The van der Waals surface area contributed by atoms with Crippen molar-refractivity contribution in [1.29, 1.82) is 0 Å². The molecule has 2 aromatic carbocycles. The van der Waals surface area contributed by atoms with Crippen LogP contribution in [-0.4, -0.2) is 10.8 Å². The van der Waals surface area contributed by atoms with Gasteiger partial charge in [-0.25, -0.2) is 4.39 Å². The van der Waals surface area contributed by atoms with E-state index in [2.05, 4.69) is 5.32 Å². The molecule has 0 spiro atoms. The minimum absolute atomic E-state index is 0.0253. The van der Waals surface area contributed by atoms with E-state index in [1.807, 2.05) is 0 Å². The first-order chi connectivity index (χ1) is 11.9. The van der Waals surface area contributed by atoms with Crippen LogP contribution >= 0.6 is 11.6 Å². The number of non-ortho nitro benzene ring substituents is 1. The molecule has 0 unspecified atom stereocenters. The highest BCUT2D eigenvalue weighted by atomic mass is 35.5. The Bertz CT molecular complexity index is 954. The lowest BCUT2D eigenvalue weighted by Gasteiger charge is -2.04. The zero-order chi connectivity index (χ0) is 18.0. The molecule has 1 N–H and O–H groups in total. The van der Waals surface area contributed by atoms with Crippen molar-refractivity contribution in [1.82, 2.24) is 0 Å². The molecular formula is C17H10ClFN2O4. The second-order valence-electron chi connectivity index (χ2n) is 5.05. The van der Waals surface area contributed by atoms with Crippen LogP contribution in [0.1, 0.15) is 10.6 Å². The Morgan fingerprint density at radius 1 is 1.12 bits per heavy atom. The fourth-order valence-electron chi connectivity index (χ4n) is 2.14. The molecule has 0 aliphatic heterocycles. The van der Waals surface area contributed by atoms with Gasteiger partial charge in [0.05, 0.1) is 10.6 Å². The van der Waals surface area contributed by atoms with Gasteiger partial charge in [-0.1, -0.05) is 11.6 Å². The molecular weight excluding hydrogens is 351 g/mol. The third kappa shape index (κ3) is 3.67. The zero-order valence-corrected chi connectivity index (χ0v) is 13.3. The van der Waals surface area contributed by atoms with E-state index in [0.717, 1.165) is 6.07 Å². The molecule has 6 nitrogen and oxygen atoms in total. The summed E-state index contributed by atoms with van der Waals surface area (Å²) in [4.78, 5) is 22.3. The summed E-state index contributed by atoms with van der Waals surface area (Å²) >= 11 is 5.66. The highest BCUT2D eigenvalue weighted by molar-refractivity contribution is 6.30. The van der Waals surface area contributed by atoms with E-state index >= 15 is 0 Å². The molecule has 0 aliphatic rings. The summed E-state index contributed by atoms with van der Waals surface area (Å²) in [5, 5.41) is 13.3. The second-order valence-corrected chi connectivity index (χ2v) is 5.48. The third-order valence-electron chi connectivity index (χ3n) is 3.37. The van der Waals surface area contributed by atoms with Gasteiger partial charge in [-0.2, -0.15) is 0 Å². The summed E-state index contributed by atoms with van der Waals surface area (Å²) in [6, 6.07) is 12.5. The van der Waals surface area contributed by atoms with E-state index in [-0.39, 0.29) is 22.2 Å². The standard InChI is InChI=1S/C17H10ClFN2O4/c18-11-3-6-14(13(19)9-11)20-17(22)16-8-7-15(25-16)10-1-4-12(5-2-10)21(23)24/h1-9H,(H,20,22). The fraction of sp³-hybridized carbons (Fsp3) is 0. The summed E-state index contributed by atoms with van der Waals surface area (Å²) in [7, 11) is 0. The number of hydrogen-bond donors (Lipinski definition) is 1. The number of anilines is 1. The molecule has 0 radical (unpaired) electrons. The highest BCUT2D eigenvalue weighted by Gasteiger charge is 2.15. The Hall–Kier alpha value is -3.19. The molecule has 0 fully saturated rings. The lowest BCUT2D eigenvalue weighted by molar-refractivity contribution is -0.384. The van der Waals surface area contributed by atoms with Crippen LogP contribution in [0.15, 0.2) is 59.0 Å². The largest absolute Gasteiger partial charge is 0.451 e. The van der Waals surface area contributed by atoms with Gasteiger partial charge in [0.25, 0.3) is 11.6 Å². The van der Waals surface area contributed by atoms with Gasteiger partial charge < -0.3 is 9.73 Å². The number of hydrogen-bond acceptors (Lipinski definition) is 4. The Morgan fingerprint density at radius 2 is 1.84 bits per heavy atom. The molecule has 126 valence electrons. The number of amides is 1. The van der Waals surface area contributed by atoms with E-state index in [0.29, 0.717) is 11.3 Å². The lowest BCUT2D eigenvalue weighted by Crippen LogP contribution is -2.12. The summed E-state index contributed by atoms with van der Waals surface area (Å²) < 4.78 is 19.2. The van der Waals surface area contributed by atoms with Crippen LogP contribution in [0.2, 0.25) is 5.02 Å². The molecule has 8 heteroatoms. The van der Waals surface area contributed by atoms with Gasteiger partial charge in [0.1, 0.15) is 11.6 Å². The smallest absolute Gasteiger partial charge is 0.291 e. The average molecular weight is 361 g/mol. The maximum absolute atomic E-state index is 13.7. The molecule has 1 heterocycles. The predicted octanol–water partition coefficient (Wildman–Crippen LogP) is 4.90. The third-order valence-corrected chi connectivity index (χ3v) is 3.61. The number of benzene rings is 2. The Kier molecular flexibility index (Phi) is 4.49. The number of nitrogens with zero attached hydrogens (tertiary/aromatic N) is 1. The summed E-state index contributed by atoms with van der Waals surface area (Å²) in [5.74, 6) is -0.961. The van der Waals surface area contributed by atoms with Crippen LogP contribution in [0.4, 0.5) is 15.8 Å². The number of carbonyl (C=O) groups is 1. The zero-order valence-electron chi connectivity index (χ0n) is 12.5. The van der Waals surface area contributed by atoms with E-state index < -0.39 is 16.6 Å². The first kappa shape index (κ1) is 16.7. The minimum Gasteiger partial charge on any atom is -0.451 e. The normalized spacial score (nSPS) is 10.5. The minimum atomic E-state index is -0.664. The molecule has 3 rings (SSSR count). The van der Waals surface area contributed by atoms with E-state index in [1.54, 1.807) is 6.07 Å². The first-order valence-electron chi connectivity index (χ1n) is 7.05. The molecule has 25 heavy (non-hydrogen) atoms. The average Bonchev–Trinajstić information content (AvgIpc) is 3.07. The van der Waals surface area contributed by atoms with Gasteiger partial charge in [-0.3, -0.25) is 14.9 Å². The van der Waals surface area contributed by atoms with Crippen molar-refractivity contribution in [3.05, 3.63) is 81.3 Å². The maximum Gasteiger partial charge on any atom is 0.291 e. The predicted molar refractivity (Wildman–Crippen MR) is 90.2 cm³/mol. The van der Waals surface area contributed by atoms with Crippen LogP contribution in [0.25, 0.3) is 11.3 Å². The van der Waals surface area contributed by atoms with Gasteiger partial charge in [0.2, 0.25) is 0 Å². The van der Waals surface area contributed by atoms with Crippen molar-refractivity contribution in [2.24, 2.45) is 0 Å². The van der Waals surface area contributed by atoms with Crippen LogP contribution in [0, 0.1) is 15.9 Å². The Morgan fingerprint density at radius 3 is 2.48 bits per heavy atom. The molecule has 0 bridgehead atoms. The monoisotopic (exact) mass is 360 g/mol. The number of nitro benzene ring substituents is 1. The van der Waals surface area contributed by atoms with Crippen LogP contribution in [0.3, 0.4) is 0 Å². The number of rotatable bonds is 4. The highest BCUT2D eigenvalue weighted by Crippen LogP contribution is 2.25. The van der Waals surface area contributed by atoms with Crippen LogP contribution in [0.5, 0.6) is 0 Å². The molecule has 3 aromatic rings. The number of nitrogens with one attached hydrogen (secondary N) is 1. The fourth-order valence-corrected chi connectivity index (χ4v) is 2.30. The number of furan rings is 1. The number of carbonyl (C=O) groups excluding carboxylic acids is 1. The van der Waals surface area contributed by atoms with Gasteiger partial charge in [0, 0.05) is 22.7 Å². The molecule has 0 saturated heterocycles. The van der Waals surface area contributed by atoms with E-state index in [9.17, 15) is 19.3 Å². The quantitative estimate of drug-likeness (QED) is 0.529. The molecule has 0 saturated carbocycles. The lowest BCUT2D eigenvalue weighted by atomic mass is 10.1. The van der Waals surface area contributed by atoms with Gasteiger partial charge >= 0.3 is 0 Å². The van der Waals surface area contributed by atoms with Crippen molar-refractivity contribution < 1.29 is 18.5 Å². The van der Waals surface area contributed by atoms with Crippen LogP contribution in [-0.2, 0) is 0 Å². The Balaban J connectivity index is 1.78. The van der Waals surface area contributed by atoms with Crippen LogP contribution < -0.4 is 5.32 Å². The Labute approximate surface area is 146 Å². The van der Waals surface area contributed by atoms with E-state index in [4.69, 9.17) is 16.0 Å². The molecule has 1 amide bonds. The van der Waals surface area contributed by atoms with Gasteiger partial charge in [-0.15, -0.1) is 0 Å². The van der Waals surface area contributed by atoms with Gasteiger partial charge in [0.15, 0.2) is 5.76 Å². The van der Waals surface area contributed by atoms with Gasteiger partial charge in [-0.05, 0) is 42.5 Å². The number of halogens is 2. The second kappa shape index (κ2) is 6.74. The van der Waals surface area contributed by atoms with E-state index in [1.165, 1.54) is 42.5 Å². The van der Waals surface area contributed by atoms with Crippen molar-refractivity contribution in [2.75, 3.05) is 5.32 Å². The maximum atomic E-state index is 13.7. The molecule has 1 aromatic heterocycles. The first-order valence-corrected chi connectivity index (χ1v) is 7.43. The van der Waals surface area contributed by atoms with Crippen molar-refractivity contribution in [3.63, 3.8) is 0 Å². The summed E-state index contributed by atoms with van der Waals surface area (Å²) in [5.41, 5.74) is 0.497. The molecule has 0 atom stereocenters.